The van der Waals surface area contributed by atoms with Gasteiger partial charge in [-0.1, -0.05) is 13.8 Å². The van der Waals surface area contributed by atoms with Gasteiger partial charge in [0.15, 0.2) is 0 Å². The Labute approximate surface area is 176 Å². The van der Waals surface area contributed by atoms with Gasteiger partial charge in [-0.05, 0) is 45.4 Å². The third-order valence-corrected chi connectivity index (χ3v) is 9.50. The second kappa shape index (κ2) is 6.17. The molecule has 0 aliphatic heterocycles. The lowest BCUT2D eigenvalue weighted by Crippen LogP contribution is -2.62. The number of carbonyl (C=O) groups excluding carboxylic acids is 1. The summed E-state index contributed by atoms with van der Waals surface area (Å²) in [5.74, 6) is -2.63. The Bertz CT molecular complexity index is 747. The van der Waals surface area contributed by atoms with E-state index in [1.54, 1.807) is 20.8 Å². The van der Waals surface area contributed by atoms with Crippen molar-refractivity contribution in [1.82, 2.24) is 0 Å². The van der Waals surface area contributed by atoms with Crippen LogP contribution in [-0.2, 0) is 9.53 Å². The van der Waals surface area contributed by atoms with Crippen molar-refractivity contribution in [3.8, 4) is 0 Å². The average molecular weight is 429 g/mol. The fraction of sp³-hybridized carbons (Fsp3) is 0.955. The molecule has 0 saturated heterocycles. The molecule has 4 aliphatic rings. The number of ether oxygens (including phenoxy) is 1. The molecule has 8 nitrogen and oxygen atoms in total. The summed E-state index contributed by atoms with van der Waals surface area (Å²) in [7, 11) is 0. The van der Waals surface area contributed by atoms with Crippen LogP contribution in [0.3, 0.4) is 0 Å². The minimum atomic E-state index is -1.98. The quantitative estimate of drug-likeness (QED) is 0.312. The van der Waals surface area contributed by atoms with Gasteiger partial charge in [0.25, 0.3) is 0 Å². The van der Waals surface area contributed by atoms with Gasteiger partial charge in [0.05, 0.1) is 29.5 Å². The molecule has 0 aromatic carbocycles. The van der Waals surface area contributed by atoms with E-state index < -0.39 is 69.9 Å². The van der Waals surface area contributed by atoms with Crippen molar-refractivity contribution in [1.29, 1.82) is 0 Å². The minimum absolute atomic E-state index is 0.0196. The van der Waals surface area contributed by atoms with Gasteiger partial charge in [0.2, 0.25) is 0 Å². The second-order valence-electron chi connectivity index (χ2n) is 11.4. The van der Waals surface area contributed by atoms with Gasteiger partial charge >= 0.3 is 5.97 Å². The molecule has 4 aliphatic carbocycles. The maximum atomic E-state index is 11.9. The molecule has 4 saturated carbocycles. The molecule has 172 valence electrons. The molecule has 1 unspecified atom stereocenters. The lowest BCUT2D eigenvalue weighted by Gasteiger charge is -2.52. The highest BCUT2D eigenvalue weighted by Crippen LogP contribution is 2.70. The number of fused-ring (bicyclic) bond motifs is 2. The Morgan fingerprint density at radius 1 is 1.00 bits per heavy atom. The summed E-state index contributed by atoms with van der Waals surface area (Å²) in [5.41, 5.74) is -7.11. The van der Waals surface area contributed by atoms with E-state index in [2.05, 4.69) is 0 Å². The fourth-order valence-electron chi connectivity index (χ4n) is 8.29. The lowest BCUT2D eigenvalue weighted by atomic mass is 9.57. The normalized spacial score (nSPS) is 59.2. The van der Waals surface area contributed by atoms with Crippen molar-refractivity contribution in [3.63, 3.8) is 0 Å². The summed E-state index contributed by atoms with van der Waals surface area (Å²) in [6.07, 6.45) is -3.77. The van der Waals surface area contributed by atoms with Crippen LogP contribution in [0.15, 0.2) is 0 Å². The first kappa shape index (κ1) is 22.4. The van der Waals surface area contributed by atoms with Crippen LogP contribution in [-0.4, -0.2) is 77.8 Å². The number of hydrogen-bond acceptors (Lipinski definition) is 8. The van der Waals surface area contributed by atoms with Crippen molar-refractivity contribution in [2.75, 3.05) is 0 Å². The Kier molecular flexibility index (Phi) is 4.61. The Hall–Kier alpha value is -0.770. The van der Waals surface area contributed by atoms with Crippen LogP contribution in [0.1, 0.15) is 60.3 Å². The topological polar surface area (TPSA) is 148 Å². The van der Waals surface area contributed by atoms with Crippen LogP contribution in [0.25, 0.3) is 0 Å². The number of hydrogen-bond donors (Lipinski definition) is 6. The van der Waals surface area contributed by atoms with Crippen LogP contribution in [0.2, 0.25) is 0 Å². The van der Waals surface area contributed by atoms with E-state index in [0.717, 1.165) is 0 Å². The van der Waals surface area contributed by atoms with Gasteiger partial charge in [0, 0.05) is 29.6 Å². The minimum Gasteiger partial charge on any atom is -0.462 e. The van der Waals surface area contributed by atoms with E-state index in [9.17, 15) is 35.4 Å². The van der Waals surface area contributed by atoms with Crippen molar-refractivity contribution in [2.45, 2.75) is 102 Å². The fourth-order valence-corrected chi connectivity index (χ4v) is 8.29. The largest absolute Gasteiger partial charge is 0.462 e. The predicted octanol–water partition coefficient (Wildman–Crippen LogP) is -0.290. The molecule has 4 fully saturated rings. The highest BCUT2D eigenvalue weighted by atomic mass is 16.5. The van der Waals surface area contributed by atoms with Crippen LogP contribution in [0.4, 0.5) is 0 Å². The van der Waals surface area contributed by atoms with Crippen molar-refractivity contribution in [2.24, 2.45) is 28.6 Å². The molecule has 0 amide bonds. The summed E-state index contributed by atoms with van der Waals surface area (Å²) in [5, 5.41) is 67.9. The second-order valence-corrected chi connectivity index (χ2v) is 11.4. The van der Waals surface area contributed by atoms with E-state index in [4.69, 9.17) is 4.74 Å². The summed E-state index contributed by atoms with van der Waals surface area (Å²) in [6.45, 7) is 7.66. The van der Waals surface area contributed by atoms with Gasteiger partial charge in [0.1, 0.15) is 11.7 Å². The third kappa shape index (κ3) is 2.41. The van der Waals surface area contributed by atoms with Crippen LogP contribution >= 0.6 is 0 Å². The van der Waals surface area contributed by atoms with E-state index in [1.165, 1.54) is 13.8 Å². The van der Waals surface area contributed by atoms with E-state index in [1.807, 2.05) is 0 Å². The number of rotatable bonds is 1. The molecule has 30 heavy (non-hydrogen) atoms. The number of carbonyl (C=O) groups is 1. The molecule has 1 spiro atoms. The number of aliphatic hydroxyl groups is 6. The van der Waals surface area contributed by atoms with E-state index in [-0.39, 0.29) is 18.8 Å². The van der Waals surface area contributed by atoms with Crippen LogP contribution in [0.5, 0.6) is 0 Å². The van der Waals surface area contributed by atoms with Crippen molar-refractivity contribution >= 4 is 5.97 Å². The molecule has 2 bridgehead atoms. The third-order valence-electron chi connectivity index (χ3n) is 9.50. The zero-order chi connectivity index (χ0) is 22.7. The first-order valence-corrected chi connectivity index (χ1v) is 10.9. The molecule has 0 aromatic rings. The highest BCUT2D eigenvalue weighted by Gasteiger charge is 2.79. The monoisotopic (exact) mass is 428 g/mol. The maximum absolute atomic E-state index is 11.9. The maximum Gasteiger partial charge on any atom is 0.302 e. The van der Waals surface area contributed by atoms with E-state index >= 15 is 0 Å². The molecule has 0 radical (unpaired) electrons. The van der Waals surface area contributed by atoms with Gasteiger partial charge in [-0.3, -0.25) is 4.79 Å². The highest BCUT2D eigenvalue weighted by molar-refractivity contribution is 5.66. The van der Waals surface area contributed by atoms with Gasteiger partial charge < -0.3 is 35.4 Å². The number of aliphatic hydroxyl groups excluding tert-OH is 3. The first-order valence-electron chi connectivity index (χ1n) is 10.9. The molecule has 8 heteroatoms. The molecule has 0 aromatic heterocycles. The van der Waals surface area contributed by atoms with Crippen LogP contribution < -0.4 is 0 Å². The Morgan fingerprint density at radius 3 is 2.17 bits per heavy atom. The standard InChI is InChI=1S/C22H36O8/c1-10(23)30-17-11-6-7-12-20(5,28)15-14(25)16(26)18(2,3)22(15,29)13(24)8-21(12,17)9-19(11,4)27/h11-17,24-29H,6-9H2,1-5H3/t11-,12+,13-,14-,15+,16+,17?,19-,20-,21+,22-/m1/s1. The van der Waals surface area contributed by atoms with Crippen molar-refractivity contribution < 1.29 is 40.2 Å². The van der Waals surface area contributed by atoms with E-state index in [0.29, 0.717) is 12.8 Å². The van der Waals surface area contributed by atoms with Crippen LogP contribution in [0, 0.1) is 28.6 Å². The zero-order valence-corrected chi connectivity index (χ0v) is 18.4. The van der Waals surface area contributed by atoms with Gasteiger partial charge in [-0.15, -0.1) is 0 Å². The molecule has 6 N–H and O–H groups in total. The molecular formula is C22H36O8. The molecule has 4 rings (SSSR count). The predicted molar refractivity (Wildman–Crippen MR) is 105 cm³/mol. The average Bonchev–Trinajstić information content (AvgIpc) is 2.78. The summed E-state index contributed by atoms with van der Waals surface area (Å²) in [6, 6.07) is 0. The smallest absolute Gasteiger partial charge is 0.302 e. The van der Waals surface area contributed by atoms with Gasteiger partial charge in [-0.25, -0.2) is 0 Å². The molecule has 11 atom stereocenters. The molecular weight excluding hydrogens is 392 g/mol. The Morgan fingerprint density at radius 2 is 1.60 bits per heavy atom. The summed E-state index contributed by atoms with van der Waals surface area (Å²) in [4.78, 5) is 11.9. The SMILES string of the molecule is CC(=O)OC1[C@H]2CC[C@@H]3[C@]1(C[C@@H](O)[C@@]1(O)[C@@H]([C@@H](O)[C@H](O)C1(C)C)[C@]3(C)O)C[C@@]2(C)O. The Balaban J connectivity index is 1.93. The summed E-state index contributed by atoms with van der Waals surface area (Å²) >= 11 is 0. The molecule has 0 heterocycles. The number of esters is 1. The first-order chi connectivity index (χ1) is 13.5. The zero-order valence-electron chi connectivity index (χ0n) is 18.4. The summed E-state index contributed by atoms with van der Waals surface area (Å²) < 4.78 is 5.71. The lowest BCUT2D eigenvalue weighted by molar-refractivity contribution is -0.210. The van der Waals surface area contributed by atoms with Crippen molar-refractivity contribution in [3.05, 3.63) is 0 Å². The van der Waals surface area contributed by atoms with Gasteiger partial charge in [-0.2, -0.15) is 0 Å².